The van der Waals surface area contributed by atoms with Crippen LogP contribution in [0.15, 0.2) is 65.1 Å². The predicted octanol–water partition coefficient (Wildman–Crippen LogP) is 5.88. The number of rotatable bonds is 1. The fourth-order valence-electron chi connectivity index (χ4n) is 2.43. The SMILES string of the molecule is Brc1ccc2sc(-c3cccc4ccccc34)nc2c1. The van der Waals surface area contributed by atoms with Gasteiger partial charge < -0.3 is 0 Å². The highest BCUT2D eigenvalue weighted by molar-refractivity contribution is 9.10. The van der Waals surface area contributed by atoms with Gasteiger partial charge in [-0.3, -0.25) is 0 Å². The van der Waals surface area contributed by atoms with E-state index in [0.717, 1.165) is 15.0 Å². The number of halogens is 1. The number of hydrogen-bond donors (Lipinski definition) is 0. The standard InChI is InChI=1S/C17H10BrNS/c18-12-8-9-16-15(10-12)19-17(20-16)14-7-3-5-11-4-1-2-6-13(11)14/h1-10H. The van der Waals surface area contributed by atoms with E-state index in [0.29, 0.717) is 0 Å². The normalized spacial score (nSPS) is 11.2. The summed E-state index contributed by atoms with van der Waals surface area (Å²) in [6.45, 7) is 0. The zero-order chi connectivity index (χ0) is 13.5. The first-order valence-corrected chi connectivity index (χ1v) is 7.96. The van der Waals surface area contributed by atoms with Gasteiger partial charge in [-0.15, -0.1) is 11.3 Å². The summed E-state index contributed by atoms with van der Waals surface area (Å²) < 4.78 is 2.29. The van der Waals surface area contributed by atoms with Gasteiger partial charge in [-0.25, -0.2) is 4.98 Å². The maximum atomic E-state index is 4.78. The van der Waals surface area contributed by atoms with Gasteiger partial charge in [0, 0.05) is 10.0 Å². The molecule has 0 aliphatic heterocycles. The molecular weight excluding hydrogens is 330 g/mol. The molecule has 0 atom stereocenters. The number of aromatic nitrogens is 1. The molecule has 0 aliphatic carbocycles. The van der Waals surface area contributed by atoms with E-state index < -0.39 is 0 Å². The summed E-state index contributed by atoms with van der Waals surface area (Å²) in [4.78, 5) is 4.78. The third-order valence-corrected chi connectivity index (χ3v) is 4.93. The Bertz CT molecular complexity index is 921. The molecular formula is C17H10BrNS. The van der Waals surface area contributed by atoms with Crippen molar-refractivity contribution in [2.45, 2.75) is 0 Å². The number of thiazole rings is 1. The molecule has 4 aromatic rings. The molecule has 0 bridgehead atoms. The first kappa shape index (κ1) is 12.1. The molecule has 0 amide bonds. The zero-order valence-corrected chi connectivity index (χ0v) is 12.9. The molecule has 1 nitrogen and oxygen atoms in total. The van der Waals surface area contributed by atoms with E-state index in [2.05, 4.69) is 76.6 Å². The van der Waals surface area contributed by atoms with Crippen molar-refractivity contribution in [1.82, 2.24) is 4.98 Å². The van der Waals surface area contributed by atoms with E-state index in [1.807, 2.05) is 0 Å². The fourth-order valence-corrected chi connectivity index (χ4v) is 3.76. The van der Waals surface area contributed by atoms with E-state index in [1.54, 1.807) is 11.3 Å². The molecule has 0 aliphatic rings. The van der Waals surface area contributed by atoms with Crippen LogP contribution < -0.4 is 0 Å². The highest BCUT2D eigenvalue weighted by Crippen LogP contribution is 2.35. The molecule has 3 heteroatoms. The van der Waals surface area contributed by atoms with Crippen LogP contribution in [0.2, 0.25) is 0 Å². The molecule has 20 heavy (non-hydrogen) atoms. The largest absolute Gasteiger partial charge is 0.236 e. The lowest BCUT2D eigenvalue weighted by Crippen LogP contribution is -1.79. The molecule has 0 saturated heterocycles. The topological polar surface area (TPSA) is 12.9 Å². The third kappa shape index (κ3) is 1.94. The van der Waals surface area contributed by atoms with Crippen LogP contribution in [0.4, 0.5) is 0 Å². The number of nitrogens with zero attached hydrogens (tertiary/aromatic N) is 1. The lowest BCUT2D eigenvalue weighted by molar-refractivity contribution is 1.48. The molecule has 3 aromatic carbocycles. The Morgan fingerprint density at radius 3 is 2.70 bits per heavy atom. The Kier molecular flexibility index (Phi) is 2.83. The van der Waals surface area contributed by atoms with Crippen LogP contribution in [0.1, 0.15) is 0 Å². The van der Waals surface area contributed by atoms with Crippen molar-refractivity contribution in [2.75, 3.05) is 0 Å². The van der Waals surface area contributed by atoms with Crippen molar-refractivity contribution < 1.29 is 0 Å². The quantitative estimate of drug-likeness (QED) is 0.422. The summed E-state index contributed by atoms with van der Waals surface area (Å²) in [5.74, 6) is 0. The Hall–Kier alpha value is -1.71. The molecule has 0 unspecified atom stereocenters. The maximum absolute atomic E-state index is 4.78. The number of hydrogen-bond acceptors (Lipinski definition) is 2. The van der Waals surface area contributed by atoms with Crippen LogP contribution in [-0.4, -0.2) is 4.98 Å². The summed E-state index contributed by atoms with van der Waals surface area (Å²) in [5.41, 5.74) is 2.26. The summed E-state index contributed by atoms with van der Waals surface area (Å²) in [6.07, 6.45) is 0. The van der Waals surface area contributed by atoms with Gasteiger partial charge in [0.1, 0.15) is 5.01 Å². The van der Waals surface area contributed by atoms with E-state index in [-0.39, 0.29) is 0 Å². The Morgan fingerprint density at radius 2 is 1.75 bits per heavy atom. The molecule has 1 heterocycles. The van der Waals surface area contributed by atoms with Crippen molar-refractivity contribution in [3.05, 3.63) is 65.1 Å². The summed E-state index contributed by atoms with van der Waals surface area (Å²) in [6, 6.07) is 21.1. The average molecular weight is 340 g/mol. The van der Waals surface area contributed by atoms with Crippen molar-refractivity contribution in [3.8, 4) is 10.6 Å². The van der Waals surface area contributed by atoms with Gasteiger partial charge in [-0.05, 0) is 29.0 Å². The predicted molar refractivity (Wildman–Crippen MR) is 90.3 cm³/mol. The smallest absolute Gasteiger partial charge is 0.125 e. The lowest BCUT2D eigenvalue weighted by Gasteiger charge is -2.02. The second-order valence-corrected chi connectivity index (χ2v) is 6.60. The first-order valence-electron chi connectivity index (χ1n) is 6.35. The molecule has 96 valence electrons. The van der Waals surface area contributed by atoms with Crippen molar-refractivity contribution in [3.63, 3.8) is 0 Å². The highest BCUT2D eigenvalue weighted by Gasteiger charge is 2.09. The molecule has 4 rings (SSSR count). The van der Waals surface area contributed by atoms with Gasteiger partial charge in [0.15, 0.2) is 0 Å². The van der Waals surface area contributed by atoms with E-state index in [9.17, 15) is 0 Å². The zero-order valence-electron chi connectivity index (χ0n) is 10.5. The highest BCUT2D eigenvalue weighted by atomic mass is 79.9. The first-order chi connectivity index (χ1) is 9.81. The molecule has 1 aromatic heterocycles. The van der Waals surface area contributed by atoms with Crippen LogP contribution in [0, 0.1) is 0 Å². The van der Waals surface area contributed by atoms with Gasteiger partial charge in [0.05, 0.1) is 10.2 Å². The Balaban J connectivity index is 2.01. The minimum Gasteiger partial charge on any atom is -0.236 e. The molecule has 0 spiro atoms. The summed E-state index contributed by atoms with van der Waals surface area (Å²) >= 11 is 5.24. The van der Waals surface area contributed by atoms with Gasteiger partial charge in [-0.2, -0.15) is 0 Å². The van der Waals surface area contributed by atoms with E-state index in [1.165, 1.54) is 21.0 Å². The molecule has 0 saturated carbocycles. The van der Waals surface area contributed by atoms with Crippen LogP contribution in [0.5, 0.6) is 0 Å². The van der Waals surface area contributed by atoms with Gasteiger partial charge >= 0.3 is 0 Å². The lowest BCUT2D eigenvalue weighted by atomic mass is 10.1. The monoisotopic (exact) mass is 339 g/mol. The van der Waals surface area contributed by atoms with Gasteiger partial charge in [0.2, 0.25) is 0 Å². The van der Waals surface area contributed by atoms with E-state index >= 15 is 0 Å². The molecule has 0 N–H and O–H groups in total. The Labute approximate surface area is 129 Å². The second-order valence-electron chi connectivity index (χ2n) is 4.66. The van der Waals surface area contributed by atoms with Crippen molar-refractivity contribution in [1.29, 1.82) is 0 Å². The summed E-state index contributed by atoms with van der Waals surface area (Å²) in [5, 5.41) is 3.59. The molecule has 0 fully saturated rings. The van der Waals surface area contributed by atoms with Crippen LogP contribution in [0.25, 0.3) is 31.6 Å². The van der Waals surface area contributed by atoms with Gasteiger partial charge in [-0.1, -0.05) is 58.4 Å². The average Bonchev–Trinajstić information content (AvgIpc) is 2.89. The summed E-state index contributed by atoms with van der Waals surface area (Å²) in [7, 11) is 0. The maximum Gasteiger partial charge on any atom is 0.125 e. The van der Waals surface area contributed by atoms with Crippen LogP contribution in [0.3, 0.4) is 0 Å². The Morgan fingerprint density at radius 1 is 0.900 bits per heavy atom. The third-order valence-electron chi connectivity index (χ3n) is 3.37. The number of benzene rings is 3. The minimum absolute atomic E-state index is 1.05. The molecule has 0 radical (unpaired) electrons. The second kappa shape index (κ2) is 4.69. The minimum atomic E-state index is 1.05. The van der Waals surface area contributed by atoms with Crippen molar-refractivity contribution in [2.24, 2.45) is 0 Å². The van der Waals surface area contributed by atoms with Crippen LogP contribution in [-0.2, 0) is 0 Å². The van der Waals surface area contributed by atoms with Gasteiger partial charge in [0.25, 0.3) is 0 Å². The van der Waals surface area contributed by atoms with Crippen molar-refractivity contribution >= 4 is 48.3 Å². The number of fused-ring (bicyclic) bond motifs is 2. The van der Waals surface area contributed by atoms with Crippen LogP contribution >= 0.6 is 27.3 Å². The van der Waals surface area contributed by atoms with E-state index in [4.69, 9.17) is 4.98 Å². The fraction of sp³-hybridized carbons (Fsp3) is 0.